The van der Waals surface area contributed by atoms with Crippen LogP contribution in [-0.2, 0) is 18.9 Å². The van der Waals surface area contributed by atoms with Gasteiger partial charge in [0.2, 0.25) is 0 Å². The molecule has 1 unspecified atom stereocenters. The summed E-state index contributed by atoms with van der Waals surface area (Å²) in [5, 5.41) is 2.56. The van der Waals surface area contributed by atoms with E-state index in [1.54, 1.807) is 73.7 Å². The van der Waals surface area contributed by atoms with Gasteiger partial charge in [0, 0.05) is 12.2 Å². The lowest BCUT2D eigenvalue weighted by Crippen LogP contribution is -2.39. The Bertz CT molecular complexity index is 1940. The van der Waals surface area contributed by atoms with E-state index in [2.05, 4.69) is 5.32 Å². The van der Waals surface area contributed by atoms with Crippen LogP contribution in [0.25, 0.3) is 16.6 Å². The average Bonchev–Trinajstić information content (AvgIpc) is 3.00. The van der Waals surface area contributed by atoms with Crippen molar-refractivity contribution in [3.63, 3.8) is 0 Å². The summed E-state index contributed by atoms with van der Waals surface area (Å²) in [7, 11) is 0. The number of hydrogen-bond acceptors (Lipinski definition) is 3. The first-order chi connectivity index (χ1) is 21.6. The van der Waals surface area contributed by atoms with Gasteiger partial charge in [0.25, 0.3) is 5.56 Å². The number of nitrogens with one attached hydrogen (secondary N) is 1. The molecule has 0 aliphatic heterocycles. The highest BCUT2D eigenvalue weighted by Gasteiger charge is 2.37. The van der Waals surface area contributed by atoms with Crippen molar-refractivity contribution in [3.8, 4) is 5.69 Å². The molecule has 5 aromatic rings. The van der Waals surface area contributed by atoms with Gasteiger partial charge in [-0.3, -0.25) is 9.36 Å². The molecule has 0 saturated carbocycles. The van der Waals surface area contributed by atoms with E-state index < -0.39 is 46.8 Å². The van der Waals surface area contributed by atoms with Gasteiger partial charge in [-0.2, -0.15) is 26.3 Å². The van der Waals surface area contributed by atoms with Crippen LogP contribution in [-0.4, -0.2) is 20.5 Å². The van der Waals surface area contributed by atoms with Crippen molar-refractivity contribution in [2.45, 2.75) is 45.7 Å². The van der Waals surface area contributed by atoms with Crippen LogP contribution in [0.15, 0.2) is 95.8 Å². The van der Waals surface area contributed by atoms with E-state index in [0.29, 0.717) is 34.3 Å². The lowest BCUT2D eigenvalue weighted by Gasteiger charge is -2.31. The van der Waals surface area contributed by atoms with Gasteiger partial charge >= 0.3 is 18.4 Å². The van der Waals surface area contributed by atoms with Crippen molar-refractivity contribution < 1.29 is 31.1 Å². The van der Waals surface area contributed by atoms with Gasteiger partial charge in [-0.15, -0.1) is 0 Å². The molecule has 0 fully saturated rings. The Morgan fingerprint density at radius 3 is 2.04 bits per heavy atom. The van der Waals surface area contributed by atoms with Crippen LogP contribution < -0.4 is 10.9 Å². The summed E-state index contributed by atoms with van der Waals surface area (Å²) in [4.78, 5) is 33.8. The van der Waals surface area contributed by atoms with E-state index in [9.17, 15) is 35.9 Å². The zero-order valence-corrected chi connectivity index (χ0v) is 24.9. The number of hydrogen-bond donors (Lipinski definition) is 1. The fourth-order valence-corrected chi connectivity index (χ4v) is 5.07. The molecule has 238 valence electrons. The summed E-state index contributed by atoms with van der Waals surface area (Å²) < 4.78 is 82.7. The standard InChI is InChI=1S/C34H28F6N4O2/c1-20-13-14-27(15-21(20)2)44-30(42-29-12-8-7-11-28(29)31(44)45)22(3)43(19-23-9-5-4-6-10-23)32(46)41-26-17-24(33(35,36)37)16-25(18-26)34(38,39)40/h4-18,22H,19H2,1-3H3,(H,41,46). The number of aryl methyl sites for hydroxylation is 2. The molecule has 0 bridgehead atoms. The molecule has 1 heterocycles. The molecule has 1 atom stereocenters. The molecule has 4 aromatic carbocycles. The number of urea groups is 1. The van der Waals surface area contributed by atoms with Gasteiger partial charge in [0.15, 0.2) is 0 Å². The monoisotopic (exact) mass is 638 g/mol. The van der Waals surface area contributed by atoms with Crippen LogP contribution in [0.1, 0.15) is 46.6 Å². The number of halogens is 6. The highest BCUT2D eigenvalue weighted by molar-refractivity contribution is 5.90. The molecule has 6 nitrogen and oxygen atoms in total. The Kier molecular flexibility index (Phi) is 8.66. The van der Waals surface area contributed by atoms with Gasteiger partial charge in [-0.25, -0.2) is 9.78 Å². The highest BCUT2D eigenvalue weighted by atomic mass is 19.4. The number of anilines is 1. The molecule has 46 heavy (non-hydrogen) atoms. The molecule has 0 spiro atoms. The number of rotatable bonds is 6. The summed E-state index contributed by atoms with van der Waals surface area (Å²) in [6, 6.07) is 19.5. The third kappa shape index (κ3) is 6.75. The molecule has 0 saturated heterocycles. The minimum atomic E-state index is -5.10. The Labute approximate surface area is 259 Å². The summed E-state index contributed by atoms with van der Waals surface area (Å²) in [5.41, 5.74) is -0.947. The Balaban J connectivity index is 1.66. The maximum Gasteiger partial charge on any atom is 0.416 e. The first-order valence-corrected chi connectivity index (χ1v) is 14.1. The van der Waals surface area contributed by atoms with Crippen molar-refractivity contribution in [2.24, 2.45) is 0 Å². The number of carbonyl (C=O) groups excluding carboxylic acids is 1. The van der Waals surface area contributed by atoms with E-state index in [1.807, 2.05) is 19.9 Å². The molecule has 0 aliphatic carbocycles. The maximum absolute atomic E-state index is 13.9. The smallest absolute Gasteiger partial charge is 0.310 e. The molecular formula is C34H28F6N4O2. The van der Waals surface area contributed by atoms with E-state index in [-0.39, 0.29) is 18.4 Å². The summed E-state index contributed by atoms with van der Waals surface area (Å²) in [5.74, 6) is 0.137. The van der Waals surface area contributed by atoms with Crippen molar-refractivity contribution in [2.75, 3.05) is 5.32 Å². The second-order valence-corrected chi connectivity index (χ2v) is 10.9. The quantitative estimate of drug-likeness (QED) is 0.189. The van der Waals surface area contributed by atoms with E-state index in [0.717, 1.165) is 11.1 Å². The van der Waals surface area contributed by atoms with Gasteiger partial charge in [-0.05, 0) is 79.9 Å². The van der Waals surface area contributed by atoms with Gasteiger partial charge in [-0.1, -0.05) is 48.5 Å². The zero-order valence-electron chi connectivity index (χ0n) is 24.9. The molecular weight excluding hydrogens is 610 g/mol. The molecule has 12 heteroatoms. The van der Waals surface area contributed by atoms with Gasteiger partial charge in [0.05, 0.1) is 33.8 Å². The first-order valence-electron chi connectivity index (χ1n) is 14.1. The largest absolute Gasteiger partial charge is 0.416 e. The first kappa shape index (κ1) is 32.3. The average molecular weight is 639 g/mol. The molecule has 5 rings (SSSR count). The highest BCUT2D eigenvalue weighted by Crippen LogP contribution is 2.38. The van der Waals surface area contributed by atoms with Crippen LogP contribution in [0, 0.1) is 13.8 Å². The molecule has 0 aliphatic rings. The number of benzene rings is 4. The number of para-hydroxylation sites is 1. The fourth-order valence-electron chi connectivity index (χ4n) is 5.07. The van der Waals surface area contributed by atoms with Crippen LogP contribution in [0.3, 0.4) is 0 Å². The van der Waals surface area contributed by atoms with Crippen molar-refractivity contribution in [3.05, 3.63) is 135 Å². The lowest BCUT2D eigenvalue weighted by atomic mass is 10.1. The second kappa shape index (κ2) is 12.3. The minimum Gasteiger partial charge on any atom is -0.310 e. The van der Waals surface area contributed by atoms with Gasteiger partial charge in [0.1, 0.15) is 5.82 Å². The number of amides is 2. The van der Waals surface area contributed by atoms with E-state index >= 15 is 0 Å². The number of fused-ring (bicyclic) bond motifs is 1. The van der Waals surface area contributed by atoms with Crippen LogP contribution in [0.4, 0.5) is 36.8 Å². The van der Waals surface area contributed by atoms with Crippen molar-refractivity contribution in [1.29, 1.82) is 0 Å². The zero-order chi connectivity index (χ0) is 33.4. The normalized spacial score (nSPS) is 12.6. The Hall–Kier alpha value is -5.13. The molecule has 1 N–H and O–H groups in total. The number of carbonyl (C=O) groups is 1. The summed E-state index contributed by atoms with van der Waals surface area (Å²) in [6.45, 7) is 5.26. The maximum atomic E-state index is 13.9. The number of aromatic nitrogens is 2. The number of alkyl halides is 6. The second-order valence-electron chi connectivity index (χ2n) is 10.9. The van der Waals surface area contributed by atoms with E-state index in [4.69, 9.17) is 4.98 Å². The summed E-state index contributed by atoms with van der Waals surface area (Å²) in [6.07, 6.45) is -10.2. The third-order valence-electron chi connectivity index (χ3n) is 7.69. The fraction of sp³-hybridized carbons (Fsp3) is 0.206. The Morgan fingerprint density at radius 1 is 0.826 bits per heavy atom. The summed E-state index contributed by atoms with van der Waals surface area (Å²) >= 11 is 0. The Morgan fingerprint density at radius 2 is 1.43 bits per heavy atom. The van der Waals surface area contributed by atoms with Crippen LogP contribution in [0.5, 0.6) is 0 Å². The topological polar surface area (TPSA) is 67.2 Å². The van der Waals surface area contributed by atoms with Gasteiger partial charge < -0.3 is 10.2 Å². The van der Waals surface area contributed by atoms with Crippen molar-refractivity contribution in [1.82, 2.24) is 14.5 Å². The third-order valence-corrected chi connectivity index (χ3v) is 7.69. The molecule has 0 radical (unpaired) electrons. The number of nitrogens with zero attached hydrogens (tertiary/aromatic N) is 3. The lowest BCUT2D eigenvalue weighted by molar-refractivity contribution is -0.143. The predicted molar refractivity (Wildman–Crippen MR) is 163 cm³/mol. The van der Waals surface area contributed by atoms with Crippen LogP contribution >= 0.6 is 0 Å². The van der Waals surface area contributed by atoms with Crippen molar-refractivity contribution >= 4 is 22.6 Å². The predicted octanol–water partition coefficient (Wildman–Crippen LogP) is 8.84. The molecule has 1 aromatic heterocycles. The molecule has 2 amide bonds. The SMILES string of the molecule is Cc1ccc(-n2c(C(C)N(Cc3ccccc3)C(=O)Nc3cc(C(F)(F)F)cc(C(F)(F)F)c3)nc3ccccc3c2=O)cc1C. The van der Waals surface area contributed by atoms with Crippen LogP contribution in [0.2, 0.25) is 0 Å². The minimum absolute atomic E-state index is 0.0126. The van der Waals surface area contributed by atoms with E-state index in [1.165, 1.54) is 9.47 Å².